The number of esters is 1. The van der Waals surface area contributed by atoms with Crippen LogP contribution in [-0.4, -0.2) is 35.6 Å². The summed E-state index contributed by atoms with van der Waals surface area (Å²) >= 11 is 8.22. The summed E-state index contributed by atoms with van der Waals surface area (Å²) in [7, 11) is 1.30. The molecule has 3 aromatic carbocycles. The first-order valence-corrected chi connectivity index (χ1v) is 12.1. The SMILES string of the molecule is COC(=O)COc1ccc(C=Nn2c(-c3cc4cc(Cl)ccc4o3)nc3ccccc3c2=O)cc1I. The molecule has 0 amide bonds. The third-order valence-electron chi connectivity index (χ3n) is 5.30. The van der Waals surface area contributed by atoms with Gasteiger partial charge in [0.05, 0.1) is 27.8 Å². The Bertz CT molecular complexity index is 1710. The minimum Gasteiger partial charge on any atom is -0.481 e. The molecule has 0 aliphatic heterocycles. The zero-order valence-electron chi connectivity index (χ0n) is 18.8. The Labute approximate surface area is 223 Å². The van der Waals surface area contributed by atoms with Crippen molar-refractivity contribution in [2.45, 2.75) is 0 Å². The number of furan rings is 1. The van der Waals surface area contributed by atoms with Gasteiger partial charge in [0, 0.05) is 10.4 Å². The van der Waals surface area contributed by atoms with Crippen LogP contribution in [0.1, 0.15) is 5.56 Å². The average Bonchev–Trinajstić information content (AvgIpc) is 3.30. The number of para-hydroxylation sites is 1. The number of methoxy groups -OCH3 is 1. The first-order valence-electron chi connectivity index (χ1n) is 10.7. The highest BCUT2D eigenvalue weighted by atomic mass is 127. The van der Waals surface area contributed by atoms with Crippen molar-refractivity contribution in [2.24, 2.45) is 5.10 Å². The molecule has 0 unspecified atom stereocenters. The number of halogens is 2. The van der Waals surface area contributed by atoms with Gasteiger partial charge in [-0.25, -0.2) is 9.78 Å². The van der Waals surface area contributed by atoms with Crippen molar-refractivity contribution in [2.75, 3.05) is 13.7 Å². The summed E-state index contributed by atoms with van der Waals surface area (Å²) < 4.78 is 18.0. The molecule has 0 fully saturated rings. The van der Waals surface area contributed by atoms with E-state index in [0.717, 1.165) is 8.96 Å². The zero-order chi connectivity index (χ0) is 25.2. The normalized spacial score (nSPS) is 11.4. The molecule has 180 valence electrons. The van der Waals surface area contributed by atoms with E-state index in [0.29, 0.717) is 38.6 Å². The molecule has 0 radical (unpaired) electrons. The molecular weight excluding hydrogens is 597 g/mol. The Morgan fingerprint density at radius 3 is 2.81 bits per heavy atom. The molecule has 5 rings (SSSR count). The maximum atomic E-state index is 13.4. The smallest absolute Gasteiger partial charge is 0.343 e. The summed E-state index contributed by atoms with van der Waals surface area (Å²) in [6.45, 7) is -0.190. The summed E-state index contributed by atoms with van der Waals surface area (Å²) in [4.78, 5) is 29.4. The average molecular weight is 614 g/mol. The fourth-order valence-corrected chi connectivity index (χ4v) is 4.42. The number of carbonyl (C=O) groups is 1. The first kappa shape index (κ1) is 24.0. The van der Waals surface area contributed by atoms with Crippen LogP contribution in [0.25, 0.3) is 33.5 Å². The van der Waals surface area contributed by atoms with Crippen molar-refractivity contribution >= 4 is 68.2 Å². The van der Waals surface area contributed by atoms with Crippen LogP contribution in [0, 0.1) is 3.57 Å². The standard InChI is InChI=1S/C26H17ClIN3O5/c1-34-24(32)14-35-22-8-6-15(10-19(22)28)13-29-31-25(30-20-5-3-2-4-18(20)26(31)33)23-12-16-11-17(27)7-9-21(16)36-23/h2-13H,14H2,1H3. The highest BCUT2D eigenvalue weighted by Gasteiger charge is 2.16. The van der Waals surface area contributed by atoms with E-state index in [9.17, 15) is 9.59 Å². The molecule has 0 atom stereocenters. The van der Waals surface area contributed by atoms with E-state index in [1.807, 2.05) is 12.1 Å². The molecule has 8 nitrogen and oxygen atoms in total. The molecule has 10 heteroatoms. The number of aromatic nitrogens is 2. The molecular formula is C26H17ClIN3O5. The minimum absolute atomic E-state index is 0.190. The van der Waals surface area contributed by atoms with Crippen molar-refractivity contribution in [1.29, 1.82) is 0 Å². The lowest BCUT2D eigenvalue weighted by Crippen LogP contribution is -2.20. The summed E-state index contributed by atoms with van der Waals surface area (Å²) in [5.74, 6) is 0.702. The number of ether oxygens (including phenoxy) is 2. The molecule has 2 aromatic heterocycles. The van der Waals surface area contributed by atoms with E-state index in [1.165, 1.54) is 11.8 Å². The van der Waals surface area contributed by atoms with Crippen LogP contribution in [0.2, 0.25) is 5.02 Å². The fourth-order valence-electron chi connectivity index (χ4n) is 3.55. The van der Waals surface area contributed by atoms with Gasteiger partial charge in [-0.3, -0.25) is 4.79 Å². The van der Waals surface area contributed by atoms with Gasteiger partial charge in [0.2, 0.25) is 5.82 Å². The second-order valence-corrected chi connectivity index (χ2v) is 9.26. The molecule has 0 aliphatic rings. The molecule has 36 heavy (non-hydrogen) atoms. The Morgan fingerprint density at radius 2 is 2.00 bits per heavy atom. The third kappa shape index (κ3) is 4.84. The summed E-state index contributed by atoms with van der Waals surface area (Å²) in [5, 5.41) is 6.25. The van der Waals surface area contributed by atoms with E-state index in [1.54, 1.807) is 60.8 Å². The zero-order valence-corrected chi connectivity index (χ0v) is 21.7. The Morgan fingerprint density at radius 1 is 1.17 bits per heavy atom. The van der Waals surface area contributed by atoms with Crippen LogP contribution >= 0.6 is 34.2 Å². The van der Waals surface area contributed by atoms with Crippen molar-refractivity contribution in [3.63, 3.8) is 0 Å². The molecule has 0 bridgehead atoms. The molecule has 2 heterocycles. The van der Waals surface area contributed by atoms with E-state index in [4.69, 9.17) is 20.8 Å². The van der Waals surface area contributed by atoms with Crippen LogP contribution in [0.3, 0.4) is 0 Å². The number of fused-ring (bicyclic) bond motifs is 2. The number of carbonyl (C=O) groups excluding carboxylic acids is 1. The van der Waals surface area contributed by atoms with Crippen molar-refractivity contribution in [3.05, 3.63) is 91.2 Å². The lowest BCUT2D eigenvalue weighted by atomic mass is 10.2. The predicted molar refractivity (Wildman–Crippen MR) is 146 cm³/mol. The quantitative estimate of drug-likeness (QED) is 0.143. The first-order chi connectivity index (χ1) is 17.4. The molecule has 0 saturated carbocycles. The van der Waals surface area contributed by atoms with Crippen LogP contribution in [-0.2, 0) is 9.53 Å². The van der Waals surface area contributed by atoms with Gasteiger partial charge in [0.1, 0.15) is 11.3 Å². The number of hydrogen-bond acceptors (Lipinski definition) is 7. The monoisotopic (exact) mass is 613 g/mol. The van der Waals surface area contributed by atoms with Crippen molar-refractivity contribution in [3.8, 4) is 17.3 Å². The van der Waals surface area contributed by atoms with Gasteiger partial charge in [-0.15, -0.1) is 0 Å². The molecule has 0 spiro atoms. The molecule has 0 aliphatic carbocycles. The van der Waals surface area contributed by atoms with E-state index >= 15 is 0 Å². The lowest BCUT2D eigenvalue weighted by Gasteiger charge is -2.08. The largest absolute Gasteiger partial charge is 0.481 e. The number of hydrogen-bond donors (Lipinski definition) is 0. The third-order valence-corrected chi connectivity index (χ3v) is 6.38. The van der Waals surface area contributed by atoms with Gasteiger partial charge in [-0.1, -0.05) is 23.7 Å². The van der Waals surface area contributed by atoms with E-state index in [-0.39, 0.29) is 18.0 Å². The highest BCUT2D eigenvalue weighted by Crippen LogP contribution is 2.29. The van der Waals surface area contributed by atoms with Gasteiger partial charge in [0.15, 0.2) is 12.4 Å². The lowest BCUT2D eigenvalue weighted by molar-refractivity contribution is -0.142. The number of nitrogens with zero attached hydrogens (tertiary/aromatic N) is 3. The Hall–Kier alpha value is -3.70. The predicted octanol–water partition coefficient (Wildman–Crippen LogP) is 5.50. The van der Waals surface area contributed by atoms with Crippen LogP contribution in [0.4, 0.5) is 0 Å². The summed E-state index contributed by atoms with van der Waals surface area (Å²) in [6, 6.07) is 19.4. The van der Waals surface area contributed by atoms with Crippen LogP contribution in [0.5, 0.6) is 5.75 Å². The maximum absolute atomic E-state index is 13.4. The summed E-state index contributed by atoms with van der Waals surface area (Å²) in [6.07, 6.45) is 1.55. The second-order valence-electron chi connectivity index (χ2n) is 7.66. The number of rotatable bonds is 6. The van der Waals surface area contributed by atoms with E-state index in [2.05, 4.69) is 37.4 Å². The van der Waals surface area contributed by atoms with Gasteiger partial charge in [-0.2, -0.15) is 9.78 Å². The van der Waals surface area contributed by atoms with E-state index < -0.39 is 5.97 Å². The Balaban J connectivity index is 1.57. The number of benzene rings is 3. The van der Waals surface area contributed by atoms with Crippen molar-refractivity contribution < 1.29 is 18.7 Å². The van der Waals surface area contributed by atoms with Crippen molar-refractivity contribution in [1.82, 2.24) is 9.66 Å². The minimum atomic E-state index is -0.472. The fraction of sp³-hybridized carbons (Fsp3) is 0.0769. The van der Waals surface area contributed by atoms with Gasteiger partial charge in [-0.05, 0) is 82.8 Å². The highest BCUT2D eigenvalue weighted by molar-refractivity contribution is 14.1. The maximum Gasteiger partial charge on any atom is 0.343 e. The topological polar surface area (TPSA) is 95.9 Å². The molecule has 0 N–H and O–H groups in total. The summed E-state index contributed by atoms with van der Waals surface area (Å²) in [5.41, 5.74) is 1.53. The van der Waals surface area contributed by atoms with Gasteiger partial charge < -0.3 is 13.9 Å². The second kappa shape index (κ2) is 10.1. The Kier molecular flexibility index (Phi) is 6.75. The van der Waals surface area contributed by atoms with Crippen LogP contribution in [0.15, 0.2) is 81.0 Å². The van der Waals surface area contributed by atoms with Gasteiger partial charge in [0.25, 0.3) is 5.56 Å². The molecule has 0 saturated heterocycles. The van der Waals surface area contributed by atoms with Gasteiger partial charge >= 0.3 is 5.97 Å². The molecule has 5 aromatic rings. The van der Waals surface area contributed by atoms with Crippen LogP contribution < -0.4 is 10.3 Å².